The summed E-state index contributed by atoms with van der Waals surface area (Å²) >= 11 is 3.32. The Morgan fingerprint density at radius 1 is 1.50 bits per heavy atom. The Kier molecular flexibility index (Phi) is 2.07. The molecule has 0 saturated carbocycles. The van der Waals surface area contributed by atoms with Crippen LogP contribution in [0.25, 0.3) is 10.9 Å². The number of rotatable bonds is 0. The van der Waals surface area contributed by atoms with E-state index in [0.29, 0.717) is 10.9 Å². The fourth-order valence-electron chi connectivity index (χ4n) is 1.44. The smallest absolute Gasteiger partial charge is 0.228 e. The summed E-state index contributed by atoms with van der Waals surface area (Å²) in [5.74, 6) is 0.0103. The van der Waals surface area contributed by atoms with Crippen molar-refractivity contribution in [2.75, 3.05) is 0 Å². The number of benzene rings is 1. The second-order valence-corrected chi connectivity index (χ2v) is 3.98. The van der Waals surface area contributed by atoms with Crippen molar-refractivity contribution in [3.8, 4) is 5.75 Å². The highest BCUT2D eigenvalue weighted by Gasteiger charge is 2.09. The number of carbonyl (C=O) groups is 1. The topological polar surface area (TPSA) is 42.2 Å². The minimum Gasteiger partial charge on any atom is -0.506 e. The number of halogens is 1. The van der Waals surface area contributed by atoms with Crippen LogP contribution in [0.15, 0.2) is 28.9 Å². The lowest BCUT2D eigenvalue weighted by molar-refractivity contribution is 0.0941. The molecule has 2 aromatic rings. The van der Waals surface area contributed by atoms with Gasteiger partial charge in [-0.25, -0.2) is 0 Å². The number of hydrogen-bond donors (Lipinski definition) is 1. The average Bonchev–Trinajstić information content (AvgIpc) is 2.43. The molecule has 3 nitrogen and oxygen atoms in total. The Morgan fingerprint density at radius 2 is 2.21 bits per heavy atom. The summed E-state index contributed by atoms with van der Waals surface area (Å²) in [6.07, 6.45) is 1.43. The van der Waals surface area contributed by atoms with Crippen LogP contribution in [0.1, 0.15) is 11.7 Å². The minimum atomic E-state index is -0.117. The lowest BCUT2D eigenvalue weighted by Crippen LogP contribution is -2.02. The predicted octanol–water partition coefficient (Wildman–Crippen LogP) is 2.77. The van der Waals surface area contributed by atoms with E-state index in [4.69, 9.17) is 0 Å². The van der Waals surface area contributed by atoms with Gasteiger partial charge in [0, 0.05) is 16.8 Å². The molecule has 0 aliphatic carbocycles. The molecule has 72 valence electrons. The van der Waals surface area contributed by atoms with Crippen molar-refractivity contribution in [2.24, 2.45) is 0 Å². The van der Waals surface area contributed by atoms with Gasteiger partial charge in [0.1, 0.15) is 5.75 Å². The second-order valence-electron chi connectivity index (χ2n) is 3.06. The molecule has 0 bridgehead atoms. The Hall–Kier alpha value is -1.29. The van der Waals surface area contributed by atoms with E-state index in [9.17, 15) is 9.90 Å². The van der Waals surface area contributed by atoms with Gasteiger partial charge in [0.2, 0.25) is 5.91 Å². The zero-order valence-corrected chi connectivity index (χ0v) is 9.08. The molecule has 0 fully saturated rings. The van der Waals surface area contributed by atoms with Gasteiger partial charge in [0.15, 0.2) is 0 Å². The van der Waals surface area contributed by atoms with Crippen LogP contribution in [0.3, 0.4) is 0 Å². The number of aromatic hydroxyl groups is 1. The molecule has 14 heavy (non-hydrogen) atoms. The van der Waals surface area contributed by atoms with Gasteiger partial charge in [-0.3, -0.25) is 9.36 Å². The van der Waals surface area contributed by atoms with Crippen molar-refractivity contribution in [1.82, 2.24) is 4.57 Å². The van der Waals surface area contributed by atoms with E-state index in [1.807, 2.05) is 6.07 Å². The van der Waals surface area contributed by atoms with E-state index in [1.165, 1.54) is 17.7 Å². The molecule has 0 unspecified atom stereocenters. The van der Waals surface area contributed by atoms with Crippen molar-refractivity contribution < 1.29 is 9.90 Å². The highest BCUT2D eigenvalue weighted by atomic mass is 79.9. The van der Waals surface area contributed by atoms with Crippen molar-refractivity contribution in [3.05, 3.63) is 28.9 Å². The van der Waals surface area contributed by atoms with E-state index in [2.05, 4.69) is 15.9 Å². The monoisotopic (exact) mass is 253 g/mol. The van der Waals surface area contributed by atoms with Crippen LogP contribution in [-0.4, -0.2) is 15.6 Å². The normalized spacial score (nSPS) is 10.7. The number of fused-ring (bicyclic) bond motifs is 1. The third-order valence-corrected chi connectivity index (χ3v) is 2.58. The first kappa shape index (κ1) is 9.27. The SMILES string of the molecule is CC(=O)n1cc(O)c2ccc(Br)cc21. The van der Waals surface area contributed by atoms with Gasteiger partial charge in [-0.1, -0.05) is 15.9 Å². The molecule has 0 aliphatic heterocycles. The first-order valence-corrected chi connectivity index (χ1v) is 4.89. The third-order valence-electron chi connectivity index (χ3n) is 2.09. The summed E-state index contributed by atoms with van der Waals surface area (Å²) in [5.41, 5.74) is 0.712. The molecule has 1 aromatic carbocycles. The lowest BCUT2D eigenvalue weighted by Gasteiger charge is -1.98. The molecule has 4 heteroatoms. The molecule has 0 aliphatic rings. The Morgan fingerprint density at radius 3 is 2.86 bits per heavy atom. The number of carbonyl (C=O) groups excluding carboxylic acids is 1. The quantitative estimate of drug-likeness (QED) is 0.785. The van der Waals surface area contributed by atoms with Gasteiger partial charge in [-0.2, -0.15) is 0 Å². The zero-order valence-electron chi connectivity index (χ0n) is 7.49. The van der Waals surface area contributed by atoms with E-state index < -0.39 is 0 Å². The third kappa shape index (κ3) is 1.32. The number of nitrogens with zero attached hydrogens (tertiary/aromatic N) is 1. The zero-order chi connectivity index (χ0) is 10.3. The molecule has 0 amide bonds. The van der Waals surface area contributed by atoms with Gasteiger partial charge in [-0.05, 0) is 18.2 Å². The number of hydrogen-bond acceptors (Lipinski definition) is 2. The summed E-state index contributed by atoms with van der Waals surface area (Å²) in [6, 6.07) is 5.40. The van der Waals surface area contributed by atoms with Gasteiger partial charge in [-0.15, -0.1) is 0 Å². The van der Waals surface area contributed by atoms with Crippen LogP contribution >= 0.6 is 15.9 Å². The minimum absolute atomic E-state index is 0.117. The Balaban J connectivity index is 2.85. The molecule has 0 atom stereocenters. The molecule has 1 heterocycles. The van der Waals surface area contributed by atoms with Crippen LogP contribution < -0.4 is 0 Å². The maximum absolute atomic E-state index is 11.2. The van der Waals surface area contributed by atoms with Crippen molar-refractivity contribution in [2.45, 2.75) is 6.92 Å². The fraction of sp³-hybridized carbons (Fsp3) is 0.100. The van der Waals surface area contributed by atoms with Crippen LogP contribution in [0, 0.1) is 0 Å². The maximum atomic E-state index is 11.2. The summed E-state index contributed by atoms with van der Waals surface area (Å²) < 4.78 is 2.31. The summed E-state index contributed by atoms with van der Waals surface area (Å²) in [4.78, 5) is 11.2. The molecule has 0 radical (unpaired) electrons. The van der Waals surface area contributed by atoms with Crippen molar-refractivity contribution in [3.63, 3.8) is 0 Å². The van der Waals surface area contributed by atoms with Crippen LogP contribution in [-0.2, 0) is 0 Å². The van der Waals surface area contributed by atoms with Gasteiger partial charge in [0.25, 0.3) is 0 Å². The molecular weight excluding hydrogens is 246 g/mol. The summed E-state index contributed by atoms with van der Waals surface area (Å²) in [7, 11) is 0. The first-order valence-electron chi connectivity index (χ1n) is 4.10. The summed E-state index contributed by atoms with van der Waals surface area (Å²) in [5, 5.41) is 10.2. The van der Waals surface area contributed by atoms with E-state index in [0.717, 1.165) is 4.47 Å². The van der Waals surface area contributed by atoms with E-state index in [1.54, 1.807) is 12.1 Å². The maximum Gasteiger partial charge on any atom is 0.228 e. The molecular formula is C10H8BrNO2. The standard InChI is InChI=1S/C10H8BrNO2/c1-6(13)12-5-10(14)8-3-2-7(11)4-9(8)12/h2-5,14H,1H3. The van der Waals surface area contributed by atoms with Crippen molar-refractivity contribution in [1.29, 1.82) is 0 Å². The van der Waals surface area contributed by atoms with Crippen LogP contribution in [0.5, 0.6) is 5.75 Å². The highest BCUT2D eigenvalue weighted by Crippen LogP contribution is 2.29. The highest BCUT2D eigenvalue weighted by molar-refractivity contribution is 9.10. The largest absolute Gasteiger partial charge is 0.506 e. The van der Waals surface area contributed by atoms with Gasteiger partial charge < -0.3 is 5.11 Å². The Bertz CT molecular complexity index is 516. The first-order chi connectivity index (χ1) is 6.59. The molecule has 1 N–H and O–H groups in total. The molecule has 0 saturated heterocycles. The Labute approximate surface area is 89.1 Å². The van der Waals surface area contributed by atoms with Gasteiger partial charge in [0.05, 0.1) is 11.7 Å². The number of aromatic nitrogens is 1. The summed E-state index contributed by atoms with van der Waals surface area (Å²) in [6.45, 7) is 1.46. The fourth-order valence-corrected chi connectivity index (χ4v) is 1.79. The van der Waals surface area contributed by atoms with Crippen LogP contribution in [0.2, 0.25) is 0 Å². The predicted molar refractivity (Wildman–Crippen MR) is 57.6 cm³/mol. The van der Waals surface area contributed by atoms with Gasteiger partial charge >= 0.3 is 0 Å². The average molecular weight is 254 g/mol. The second kappa shape index (κ2) is 3.13. The molecule has 1 aromatic heterocycles. The van der Waals surface area contributed by atoms with E-state index in [-0.39, 0.29) is 11.7 Å². The van der Waals surface area contributed by atoms with Crippen molar-refractivity contribution >= 4 is 32.7 Å². The lowest BCUT2D eigenvalue weighted by atomic mass is 10.2. The molecule has 0 spiro atoms. The van der Waals surface area contributed by atoms with Crippen LogP contribution in [0.4, 0.5) is 0 Å². The molecule has 2 rings (SSSR count). The van der Waals surface area contributed by atoms with E-state index >= 15 is 0 Å².